The second kappa shape index (κ2) is 5.39. The Morgan fingerprint density at radius 3 is 2.86 bits per heavy atom. The minimum atomic E-state index is -0.745. The summed E-state index contributed by atoms with van der Waals surface area (Å²) in [5.74, 6) is 0.546. The molecule has 0 spiro atoms. The number of carboxylic acids is 1. The van der Waals surface area contributed by atoms with Crippen LogP contribution >= 0.6 is 0 Å². The van der Waals surface area contributed by atoms with E-state index >= 15 is 0 Å². The van der Waals surface area contributed by atoms with Crippen LogP contribution in [0.3, 0.4) is 0 Å². The molecule has 1 aromatic carbocycles. The Morgan fingerprint density at radius 1 is 1.43 bits per heavy atom. The van der Waals surface area contributed by atoms with Crippen molar-refractivity contribution in [2.45, 2.75) is 38.5 Å². The molecule has 1 fully saturated rings. The molecule has 1 saturated carbocycles. The highest BCUT2D eigenvalue weighted by Crippen LogP contribution is 2.44. The summed E-state index contributed by atoms with van der Waals surface area (Å²) in [5, 5.41) is 9.17. The maximum absolute atomic E-state index is 11.2. The van der Waals surface area contributed by atoms with Crippen molar-refractivity contribution in [3.63, 3.8) is 0 Å². The van der Waals surface area contributed by atoms with E-state index in [1.54, 1.807) is 7.11 Å². The van der Waals surface area contributed by atoms with Crippen molar-refractivity contribution in [1.29, 1.82) is 0 Å². The maximum atomic E-state index is 11.2. The van der Waals surface area contributed by atoms with E-state index in [9.17, 15) is 4.79 Å². The first kappa shape index (κ1) is 13.9. The lowest BCUT2D eigenvalue weighted by atomic mass is 9.79. The fraction of sp³-hybridized carbons (Fsp3) is 0.500. The Balaban J connectivity index is 1.91. The van der Waals surface area contributed by atoms with Crippen LogP contribution in [-0.4, -0.2) is 23.2 Å². The number of hydrogen-bond acceptors (Lipinski definition) is 4. The second-order valence-corrected chi connectivity index (χ2v) is 5.87. The van der Waals surface area contributed by atoms with Gasteiger partial charge in [-0.1, -0.05) is 18.9 Å². The molecule has 5 nitrogen and oxygen atoms in total. The van der Waals surface area contributed by atoms with E-state index in [0.717, 1.165) is 25.7 Å². The highest BCUT2D eigenvalue weighted by Gasteiger charge is 2.37. The molecule has 1 aliphatic carbocycles. The van der Waals surface area contributed by atoms with E-state index in [-0.39, 0.29) is 11.8 Å². The molecule has 1 N–H and O–H groups in total. The standard InChI is InChI=1S/C16H19NO4/c1-20-11-5-4-6-12-15(11)17-13(21-12)9-16(10-14(18)19)7-2-3-8-16/h4-6H,2-3,7-10H2,1H3,(H,18,19). The van der Waals surface area contributed by atoms with E-state index in [0.29, 0.717) is 29.2 Å². The van der Waals surface area contributed by atoms with Gasteiger partial charge in [-0.15, -0.1) is 0 Å². The van der Waals surface area contributed by atoms with E-state index in [1.807, 2.05) is 18.2 Å². The molecule has 1 heterocycles. The van der Waals surface area contributed by atoms with Gasteiger partial charge in [0.25, 0.3) is 0 Å². The van der Waals surface area contributed by atoms with Crippen LogP contribution in [0.15, 0.2) is 22.6 Å². The largest absolute Gasteiger partial charge is 0.494 e. The first-order chi connectivity index (χ1) is 10.1. The second-order valence-electron chi connectivity index (χ2n) is 5.87. The molecule has 112 valence electrons. The predicted molar refractivity (Wildman–Crippen MR) is 77.4 cm³/mol. The van der Waals surface area contributed by atoms with Gasteiger partial charge >= 0.3 is 5.97 Å². The number of rotatable bonds is 5. The molecule has 1 aliphatic rings. The van der Waals surface area contributed by atoms with Crippen molar-refractivity contribution in [2.24, 2.45) is 5.41 Å². The van der Waals surface area contributed by atoms with Crippen molar-refractivity contribution >= 4 is 17.1 Å². The lowest BCUT2D eigenvalue weighted by Crippen LogP contribution is -2.23. The zero-order valence-electron chi connectivity index (χ0n) is 12.1. The monoisotopic (exact) mass is 289 g/mol. The van der Waals surface area contributed by atoms with Crippen molar-refractivity contribution in [1.82, 2.24) is 4.98 Å². The molecule has 0 aliphatic heterocycles. The number of aromatic nitrogens is 1. The first-order valence-corrected chi connectivity index (χ1v) is 7.26. The Labute approximate surface area is 122 Å². The molecule has 3 rings (SSSR count). The molecule has 0 radical (unpaired) electrons. The third kappa shape index (κ3) is 2.73. The summed E-state index contributed by atoms with van der Waals surface area (Å²) in [7, 11) is 1.60. The summed E-state index contributed by atoms with van der Waals surface area (Å²) in [6.45, 7) is 0. The van der Waals surface area contributed by atoms with Crippen molar-refractivity contribution in [2.75, 3.05) is 7.11 Å². The van der Waals surface area contributed by atoms with Gasteiger partial charge in [0.05, 0.1) is 13.5 Å². The summed E-state index contributed by atoms with van der Waals surface area (Å²) >= 11 is 0. The fourth-order valence-electron chi connectivity index (χ4n) is 3.39. The maximum Gasteiger partial charge on any atom is 0.303 e. The minimum absolute atomic E-state index is 0.183. The number of fused-ring (bicyclic) bond motifs is 1. The van der Waals surface area contributed by atoms with Gasteiger partial charge < -0.3 is 14.3 Å². The number of carboxylic acid groups (broad SMARTS) is 1. The quantitative estimate of drug-likeness (QED) is 0.913. The predicted octanol–water partition coefficient (Wildman–Crippen LogP) is 3.41. The number of nitrogens with zero attached hydrogens (tertiary/aromatic N) is 1. The third-order valence-electron chi connectivity index (χ3n) is 4.36. The Kier molecular flexibility index (Phi) is 3.57. The van der Waals surface area contributed by atoms with Crippen LogP contribution in [0.2, 0.25) is 0 Å². The number of methoxy groups -OCH3 is 1. The van der Waals surface area contributed by atoms with Crippen LogP contribution in [0.25, 0.3) is 11.1 Å². The lowest BCUT2D eigenvalue weighted by Gasteiger charge is -2.25. The molecule has 5 heteroatoms. The zero-order chi connectivity index (χ0) is 14.9. The highest BCUT2D eigenvalue weighted by atomic mass is 16.5. The number of aliphatic carboxylic acids is 1. The topological polar surface area (TPSA) is 72.6 Å². The molecule has 2 aromatic rings. The van der Waals surface area contributed by atoms with Crippen molar-refractivity contribution in [3.05, 3.63) is 24.1 Å². The molecular formula is C16H19NO4. The molecule has 0 unspecified atom stereocenters. The van der Waals surface area contributed by atoms with Crippen molar-refractivity contribution in [3.8, 4) is 5.75 Å². The summed E-state index contributed by atoms with van der Waals surface area (Å²) in [6.07, 6.45) is 4.78. The molecule has 0 atom stereocenters. The number of ether oxygens (including phenoxy) is 1. The molecule has 1 aromatic heterocycles. The van der Waals surface area contributed by atoms with E-state index in [1.165, 1.54) is 0 Å². The SMILES string of the molecule is COc1cccc2oc(CC3(CC(=O)O)CCCC3)nc12. The van der Waals surface area contributed by atoms with Crippen LogP contribution < -0.4 is 4.74 Å². The van der Waals surface area contributed by atoms with Gasteiger partial charge in [-0.2, -0.15) is 0 Å². The van der Waals surface area contributed by atoms with Crippen LogP contribution in [0.1, 0.15) is 38.0 Å². The fourth-order valence-corrected chi connectivity index (χ4v) is 3.39. The van der Waals surface area contributed by atoms with E-state index in [2.05, 4.69) is 4.98 Å². The molecule has 0 bridgehead atoms. The van der Waals surface area contributed by atoms with E-state index in [4.69, 9.17) is 14.3 Å². The minimum Gasteiger partial charge on any atom is -0.494 e. The molecule has 0 amide bonds. The average Bonchev–Trinajstić information content (AvgIpc) is 3.04. The van der Waals surface area contributed by atoms with Gasteiger partial charge in [-0.25, -0.2) is 4.98 Å². The molecule has 0 saturated heterocycles. The van der Waals surface area contributed by atoms with Gasteiger partial charge in [-0.3, -0.25) is 4.79 Å². The highest BCUT2D eigenvalue weighted by molar-refractivity contribution is 5.79. The number of carbonyl (C=O) groups is 1. The normalized spacial score (nSPS) is 17.2. The Bertz CT molecular complexity index is 655. The van der Waals surface area contributed by atoms with Gasteiger partial charge in [0.2, 0.25) is 0 Å². The molecule has 21 heavy (non-hydrogen) atoms. The number of oxazole rings is 1. The van der Waals surface area contributed by atoms with Gasteiger partial charge in [0.15, 0.2) is 17.0 Å². The van der Waals surface area contributed by atoms with Crippen LogP contribution in [0.5, 0.6) is 5.75 Å². The summed E-state index contributed by atoms with van der Waals surface area (Å²) in [6, 6.07) is 5.56. The number of para-hydroxylation sites is 1. The first-order valence-electron chi connectivity index (χ1n) is 7.26. The van der Waals surface area contributed by atoms with Gasteiger partial charge in [-0.05, 0) is 30.4 Å². The summed E-state index contributed by atoms with van der Waals surface area (Å²) in [5.41, 5.74) is 1.19. The Hall–Kier alpha value is -2.04. The van der Waals surface area contributed by atoms with Crippen LogP contribution in [0.4, 0.5) is 0 Å². The van der Waals surface area contributed by atoms with E-state index < -0.39 is 5.97 Å². The number of benzene rings is 1. The lowest BCUT2D eigenvalue weighted by molar-refractivity contribution is -0.139. The smallest absolute Gasteiger partial charge is 0.303 e. The van der Waals surface area contributed by atoms with Crippen LogP contribution in [0, 0.1) is 5.41 Å². The zero-order valence-corrected chi connectivity index (χ0v) is 12.1. The molecular weight excluding hydrogens is 270 g/mol. The summed E-state index contributed by atoms with van der Waals surface area (Å²) < 4.78 is 11.1. The number of hydrogen-bond donors (Lipinski definition) is 1. The van der Waals surface area contributed by atoms with Gasteiger partial charge in [0.1, 0.15) is 5.75 Å². The summed E-state index contributed by atoms with van der Waals surface area (Å²) in [4.78, 5) is 15.7. The third-order valence-corrected chi connectivity index (χ3v) is 4.36. The van der Waals surface area contributed by atoms with Crippen LogP contribution in [-0.2, 0) is 11.2 Å². The Morgan fingerprint density at radius 2 is 2.19 bits per heavy atom. The van der Waals surface area contributed by atoms with Crippen molar-refractivity contribution < 1.29 is 19.1 Å². The average molecular weight is 289 g/mol. The van der Waals surface area contributed by atoms with Gasteiger partial charge in [0, 0.05) is 6.42 Å².